The average molecular weight is 332 g/mol. The molecule has 1 aliphatic heterocycles. The van der Waals surface area contributed by atoms with Gasteiger partial charge in [-0.1, -0.05) is 32.4 Å². The minimum Gasteiger partial charge on any atom is -0.368 e. The Morgan fingerprint density at radius 2 is 2.17 bits per heavy atom. The van der Waals surface area contributed by atoms with E-state index < -0.39 is 6.04 Å². The van der Waals surface area contributed by atoms with Gasteiger partial charge in [-0.05, 0) is 43.0 Å². The summed E-state index contributed by atoms with van der Waals surface area (Å²) >= 11 is 0. The highest BCUT2D eigenvalue weighted by molar-refractivity contribution is 5.94. The predicted octanol–water partition coefficient (Wildman–Crippen LogP) is 1.45. The fraction of sp³-hybridized carbons (Fsp3) is 0.556. The van der Waals surface area contributed by atoms with Gasteiger partial charge < -0.3 is 16.8 Å². The highest BCUT2D eigenvalue weighted by Crippen LogP contribution is 2.21. The van der Waals surface area contributed by atoms with Gasteiger partial charge in [-0.25, -0.2) is 0 Å². The number of benzene rings is 1. The van der Waals surface area contributed by atoms with Gasteiger partial charge in [0.05, 0.1) is 12.1 Å². The summed E-state index contributed by atoms with van der Waals surface area (Å²) in [6.45, 7) is 5.50. The number of nitrogens with two attached hydrogens (primary N) is 2. The molecule has 1 aromatic rings. The molecular weight excluding hydrogens is 304 g/mol. The van der Waals surface area contributed by atoms with E-state index in [0.29, 0.717) is 6.54 Å². The molecule has 132 valence electrons. The molecule has 6 nitrogen and oxygen atoms in total. The summed E-state index contributed by atoms with van der Waals surface area (Å²) in [7, 11) is 0. The molecule has 0 aliphatic carbocycles. The van der Waals surface area contributed by atoms with Crippen molar-refractivity contribution in [2.75, 3.05) is 11.9 Å². The molecule has 1 aliphatic rings. The van der Waals surface area contributed by atoms with Crippen molar-refractivity contribution in [1.82, 2.24) is 4.90 Å². The molecule has 3 atom stereocenters. The SMILES string of the molecule is CCC(C)C(N)C(=O)Nc1cccc(CN2CCCC2C(N)=O)c1. The van der Waals surface area contributed by atoms with Gasteiger partial charge in [0.2, 0.25) is 11.8 Å². The Kier molecular flexibility index (Phi) is 6.34. The van der Waals surface area contributed by atoms with Crippen LogP contribution in [-0.4, -0.2) is 35.3 Å². The molecule has 0 spiro atoms. The molecule has 1 aromatic carbocycles. The zero-order valence-corrected chi connectivity index (χ0v) is 14.5. The largest absolute Gasteiger partial charge is 0.368 e. The average Bonchev–Trinajstić information content (AvgIpc) is 3.02. The minimum absolute atomic E-state index is 0.133. The molecule has 1 fully saturated rings. The van der Waals surface area contributed by atoms with Gasteiger partial charge in [0, 0.05) is 12.2 Å². The summed E-state index contributed by atoms with van der Waals surface area (Å²) in [5.41, 5.74) is 13.2. The summed E-state index contributed by atoms with van der Waals surface area (Å²) in [5.74, 6) is -0.303. The zero-order chi connectivity index (χ0) is 17.7. The lowest BCUT2D eigenvalue weighted by atomic mass is 9.99. The second-order valence-electron chi connectivity index (χ2n) is 6.63. The molecule has 0 radical (unpaired) electrons. The van der Waals surface area contributed by atoms with Crippen LogP contribution >= 0.6 is 0 Å². The van der Waals surface area contributed by atoms with Gasteiger partial charge in [0.1, 0.15) is 0 Å². The van der Waals surface area contributed by atoms with Crippen molar-refractivity contribution < 1.29 is 9.59 Å². The molecule has 2 rings (SSSR count). The minimum atomic E-state index is -0.517. The molecule has 6 heteroatoms. The summed E-state index contributed by atoms with van der Waals surface area (Å²) in [6, 6.07) is 6.95. The Morgan fingerprint density at radius 3 is 2.83 bits per heavy atom. The van der Waals surface area contributed by atoms with Crippen LogP contribution in [0.1, 0.15) is 38.7 Å². The number of rotatable bonds is 7. The number of hydrogen-bond acceptors (Lipinski definition) is 4. The van der Waals surface area contributed by atoms with Crippen LogP contribution in [0.15, 0.2) is 24.3 Å². The van der Waals surface area contributed by atoms with E-state index in [2.05, 4.69) is 10.2 Å². The topological polar surface area (TPSA) is 101 Å². The number of likely N-dealkylation sites (tertiary alicyclic amines) is 1. The summed E-state index contributed by atoms with van der Waals surface area (Å²) < 4.78 is 0. The van der Waals surface area contributed by atoms with Crippen LogP contribution in [0.3, 0.4) is 0 Å². The van der Waals surface area contributed by atoms with Crippen LogP contribution in [0.2, 0.25) is 0 Å². The summed E-state index contributed by atoms with van der Waals surface area (Å²) in [6.07, 6.45) is 2.65. The molecule has 5 N–H and O–H groups in total. The van der Waals surface area contributed by atoms with Crippen molar-refractivity contribution in [2.45, 2.75) is 51.7 Å². The highest BCUT2D eigenvalue weighted by atomic mass is 16.2. The lowest BCUT2D eigenvalue weighted by Gasteiger charge is -2.22. The lowest BCUT2D eigenvalue weighted by Crippen LogP contribution is -2.40. The highest BCUT2D eigenvalue weighted by Gasteiger charge is 2.28. The fourth-order valence-corrected chi connectivity index (χ4v) is 3.06. The number of carbonyl (C=O) groups is 2. The maximum atomic E-state index is 12.2. The monoisotopic (exact) mass is 332 g/mol. The molecule has 0 aromatic heterocycles. The van der Waals surface area contributed by atoms with Crippen LogP contribution in [0.4, 0.5) is 5.69 Å². The van der Waals surface area contributed by atoms with Crippen LogP contribution < -0.4 is 16.8 Å². The first-order valence-corrected chi connectivity index (χ1v) is 8.61. The lowest BCUT2D eigenvalue weighted by molar-refractivity contribution is -0.122. The van der Waals surface area contributed by atoms with Crippen LogP contribution in [0.5, 0.6) is 0 Å². The predicted molar refractivity (Wildman–Crippen MR) is 95.1 cm³/mol. The van der Waals surface area contributed by atoms with E-state index in [1.165, 1.54) is 0 Å². The van der Waals surface area contributed by atoms with E-state index >= 15 is 0 Å². The smallest absolute Gasteiger partial charge is 0.241 e. The van der Waals surface area contributed by atoms with Crippen molar-refractivity contribution in [3.63, 3.8) is 0 Å². The van der Waals surface area contributed by atoms with Crippen molar-refractivity contribution in [3.8, 4) is 0 Å². The van der Waals surface area contributed by atoms with Gasteiger partial charge >= 0.3 is 0 Å². The van der Waals surface area contributed by atoms with E-state index in [-0.39, 0.29) is 23.8 Å². The maximum absolute atomic E-state index is 12.2. The molecule has 1 heterocycles. The molecule has 0 bridgehead atoms. The van der Waals surface area contributed by atoms with Crippen LogP contribution in [0.25, 0.3) is 0 Å². The quantitative estimate of drug-likeness (QED) is 0.703. The van der Waals surface area contributed by atoms with Crippen molar-refractivity contribution in [1.29, 1.82) is 0 Å². The van der Waals surface area contributed by atoms with E-state index in [1.54, 1.807) is 0 Å². The molecular formula is C18H28N4O2. The number of nitrogens with one attached hydrogen (secondary N) is 1. The van der Waals surface area contributed by atoms with Crippen LogP contribution in [-0.2, 0) is 16.1 Å². The number of nitrogens with zero attached hydrogens (tertiary/aromatic N) is 1. The standard InChI is InChI=1S/C18H28N4O2/c1-3-12(2)16(19)18(24)21-14-7-4-6-13(10-14)11-22-9-5-8-15(22)17(20)23/h4,6-7,10,12,15-16H,3,5,8-9,11,19H2,1-2H3,(H2,20,23)(H,21,24). The Labute approximate surface area is 143 Å². The second kappa shape index (κ2) is 8.26. The zero-order valence-electron chi connectivity index (χ0n) is 14.5. The number of carbonyl (C=O) groups excluding carboxylic acids is 2. The Bertz CT molecular complexity index is 590. The second-order valence-corrected chi connectivity index (χ2v) is 6.63. The van der Waals surface area contributed by atoms with E-state index in [1.807, 2.05) is 38.1 Å². The molecule has 2 amide bonds. The first-order valence-electron chi connectivity index (χ1n) is 8.61. The maximum Gasteiger partial charge on any atom is 0.241 e. The van der Waals surface area contributed by atoms with Gasteiger partial charge in [-0.15, -0.1) is 0 Å². The first-order chi connectivity index (χ1) is 11.4. The fourth-order valence-electron chi connectivity index (χ4n) is 3.06. The molecule has 24 heavy (non-hydrogen) atoms. The van der Waals surface area contributed by atoms with Gasteiger partial charge in [0.25, 0.3) is 0 Å². The Balaban J connectivity index is 2.01. The van der Waals surface area contributed by atoms with E-state index in [9.17, 15) is 9.59 Å². The van der Waals surface area contributed by atoms with Gasteiger partial charge in [0.15, 0.2) is 0 Å². The summed E-state index contributed by atoms with van der Waals surface area (Å²) in [4.78, 5) is 25.8. The van der Waals surface area contributed by atoms with Gasteiger partial charge in [-0.2, -0.15) is 0 Å². The molecule has 1 saturated heterocycles. The third-order valence-corrected chi connectivity index (χ3v) is 4.83. The number of hydrogen-bond donors (Lipinski definition) is 3. The van der Waals surface area contributed by atoms with Crippen molar-refractivity contribution >= 4 is 17.5 Å². The van der Waals surface area contributed by atoms with Crippen LogP contribution in [0, 0.1) is 5.92 Å². The van der Waals surface area contributed by atoms with Crippen molar-refractivity contribution in [3.05, 3.63) is 29.8 Å². The van der Waals surface area contributed by atoms with Gasteiger partial charge in [-0.3, -0.25) is 14.5 Å². The Hall–Kier alpha value is -1.92. The molecule has 0 saturated carbocycles. The number of amides is 2. The number of primary amides is 1. The third-order valence-electron chi connectivity index (χ3n) is 4.83. The summed E-state index contributed by atoms with van der Waals surface area (Å²) in [5, 5.41) is 2.88. The normalized spacial score (nSPS) is 20.5. The first kappa shape index (κ1) is 18.4. The molecule has 3 unspecified atom stereocenters. The number of anilines is 1. The van der Waals surface area contributed by atoms with E-state index in [4.69, 9.17) is 11.5 Å². The van der Waals surface area contributed by atoms with Crippen molar-refractivity contribution in [2.24, 2.45) is 17.4 Å². The third kappa shape index (κ3) is 4.55. The van der Waals surface area contributed by atoms with E-state index in [0.717, 1.165) is 37.1 Å². The Morgan fingerprint density at radius 1 is 1.42 bits per heavy atom.